The standard InChI is InChI=1S/C10H17N3OS2/c1-3-15-5-7(2)12-9(14)4-8-6-16-10(11)13-8/h6-7H,3-5H2,1-2H3,(H2,11,13)(H,12,14). The van der Waals surface area contributed by atoms with Gasteiger partial charge in [-0.25, -0.2) is 4.98 Å². The first-order valence-electron chi connectivity index (χ1n) is 5.18. The minimum atomic E-state index is 0.00880. The summed E-state index contributed by atoms with van der Waals surface area (Å²) in [7, 11) is 0. The largest absolute Gasteiger partial charge is 0.375 e. The number of thiazole rings is 1. The lowest BCUT2D eigenvalue weighted by Crippen LogP contribution is -2.35. The Morgan fingerprint density at radius 3 is 3.06 bits per heavy atom. The molecule has 1 heterocycles. The summed E-state index contributed by atoms with van der Waals surface area (Å²) in [6.07, 6.45) is 0.314. The van der Waals surface area contributed by atoms with Gasteiger partial charge < -0.3 is 11.1 Å². The number of hydrogen-bond donors (Lipinski definition) is 2. The minimum absolute atomic E-state index is 0.00880. The lowest BCUT2D eigenvalue weighted by atomic mass is 10.3. The molecule has 0 aliphatic rings. The predicted octanol–water partition coefficient (Wildman–Crippen LogP) is 1.53. The zero-order chi connectivity index (χ0) is 12.0. The second kappa shape index (κ2) is 6.75. The van der Waals surface area contributed by atoms with Crippen LogP contribution >= 0.6 is 23.1 Å². The van der Waals surface area contributed by atoms with Crippen LogP contribution in [0.1, 0.15) is 19.5 Å². The van der Waals surface area contributed by atoms with E-state index in [9.17, 15) is 4.79 Å². The Hall–Kier alpha value is -0.750. The number of nitrogens with two attached hydrogens (primary N) is 1. The maximum atomic E-state index is 11.6. The number of nitrogens with one attached hydrogen (secondary N) is 1. The van der Waals surface area contributed by atoms with Gasteiger partial charge in [0.2, 0.25) is 5.91 Å². The molecule has 0 spiro atoms. The average Bonchev–Trinajstić information content (AvgIpc) is 2.60. The van der Waals surface area contributed by atoms with E-state index in [0.29, 0.717) is 11.6 Å². The smallest absolute Gasteiger partial charge is 0.226 e. The molecule has 16 heavy (non-hydrogen) atoms. The summed E-state index contributed by atoms with van der Waals surface area (Å²) in [6.45, 7) is 4.12. The summed E-state index contributed by atoms with van der Waals surface area (Å²) >= 11 is 3.18. The van der Waals surface area contributed by atoms with Gasteiger partial charge in [0.25, 0.3) is 0 Å². The number of thioether (sulfide) groups is 1. The molecule has 0 fully saturated rings. The van der Waals surface area contributed by atoms with Crippen molar-refractivity contribution >= 4 is 34.1 Å². The summed E-state index contributed by atoms with van der Waals surface area (Å²) in [5.74, 6) is 2.03. The zero-order valence-electron chi connectivity index (χ0n) is 9.53. The molecule has 1 unspecified atom stereocenters. The van der Waals surface area contributed by atoms with Crippen LogP contribution in [0.3, 0.4) is 0 Å². The van der Waals surface area contributed by atoms with Gasteiger partial charge in [0.15, 0.2) is 5.13 Å². The number of nitrogen functional groups attached to an aromatic ring is 1. The van der Waals surface area contributed by atoms with Gasteiger partial charge >= 0.3 is 0 Å². The van der Waals surface area contributed by atoms with Crippen molar-refractivity contribution in [2.24, 2.45) is 0 Å². The number of amides is 1. The Bertz CT molecular complexity index is 341. The van der Waals surface area contributed by atoms with Crippen LogP contribution in [0.25, 0.3) is 0 Å². The topological polar surface area (TPSA) is 68.0 Å². The number of hydrogen-bond acceptors (Lipinski definition) is 5. The maximum Gasteiger partial charge on any atom is 0.226 e. The monoisotopic (exact) mass is 259 g/mol. The number of nitrogens with zero attached hydrogens (tertiary/aromatic N) is 1. The lowest BCUT2D eigenvalue weighted by molar-refractivity contribution is -0.120. The Labute approximate surface area is 104 Å². The molecule has 0 aliphatic carbocycles. The summed E-state index contributed by atoms with van der Waals surface area (Å²) in [4.78, 5) is 15.6. The molecule has 1 atom stereocenters. The fourth-order valence-corrected chi connectivity index (χ4v) is 2.47. The highest BCUT2D eigenvalue weighted by atomic mass is 32.2. The van der Waals surface area contributed by atoms with E-state index in [0.717, 1.165) is 17.2 Å². The first-order chi connectivity index (χ1) is 7.61. The second-order valence-corrected chi connectivity index (χ2v) is 5.69. The van der Waals surface area contributed by atoms with Crippen LogP contribution in [-0.2, 0) is 11.2 Å². The fraction of sp³-hybridized carbons (Fsp3) is 0.600. The van der Waals surface area contributed by atoms with E-state index in [4.69, 9.17) is 5.73 Å². The molecule has 0 saturated carbocycles. The van der Waals surface area contributed by atoms with Crippen molar-refractivity contribution in [1.82, 2.24) is 10.3 Å². The Balaban J connectivity index is 2.30. The average molecular weight is 259 g/mol. The van der Waals surface area contributed by atoms with Crippen LogP contribution in [0, 0.1) is 0 Å². The number of carbonyl (C=O) groups excluding carboxylic acids is 1. The number of aromatic nitrogens is 1. The van der Waals surface area contributed by atoms with Crippen molar-refractivity contribution < 1.29 is 4.79 Å². The summed E-state index contributed by atoms with van der Waals surface area (Å²) < 4.78 is 0. The van der Waals surface area contributed by atoms with E-state index in [1.807, 2.05) is 24.1 Å². The van der Waals surface area contributed by atoms with Crippen LogP contribution in [0.4, 0.5) is 5.13 Å². The van der Waals surface area contributed by atoms with Crippen molar-refractivity contribution in [3.63, 3.8) is 0 Å². The molecular weight excluding hydrogens is 242 g/mol. The van der Waals surface area contributed by atoms with Crippen molar-refractivity contribution in [2.75, 3.05) is 17.2 Å². The molecule has 1 amide bonds. The molecule has 90 valence electrons. The van der Waals surface area contributed by atoms with Crippen molar-refractivity contribution in [2.45, 2.75) is 26.3 Å². The molecule has 6 heteroatoms. The molecule has 3 N–H and O–H groups in total. The lowest BCUT2D eigenvalue weighted by Gasteiger charge is -2.12. The van der Waals surface area contributed by atoms with E-state index in [-0.39, 0.29) is 11.9 Å². The number of rotatable bonds is 6. The predicted molar refractivity (Wildman–Crippen MR) is 70.8 cm³/mol. The number of carbonyl (C=O) groups is 1. The zero-order valence-corrected chi connectivity index (χ0v) is 11.2. The Morgan fingerprint density at radius 1 is 1.75 bits per heavy atom. The third-order valence-electron chi connectivity index (χ3n) is 1.89. The fourth-order valence-electron chi connectivity index (χ4n) is 1.23. The molecular formula is C10H17N3OS2. The minimum Gasteiger partial charge on any atom is -0.375 e. The van der Waals surface area contributed by atoms with E-state index < -0.39 is 0 Å². The van der Waals surface area contributed by atoms with E-state index in [1.165, 1.54) is 11.3 Å². The number of anilines is 1. The van der Waals surface area contributed by atoms with E-state index in [1.54, 1.807) is 0 Å². The van der Waals surface area contributed by atoms with Gasteiger partial charge in [0.05, 0.1) is 12.1 Å². The van der Waals surface area contributed by atoms with Crippen molar-refractivity contribution in [1.29, 1.82) is 0 Å². The molecule has 1 aromatic rings. The molecule has 1 aromatic heterocycles. The molecule has 0 bridgehead atoms. The van der Waals surface area contributed by atoms with Crippen LogP contribution < -0.4 is 11.1 Å². The second-order valence-electron chi connectivity index (χ2n) is 3.48. The van der Waals surface area contributed by atoms with Gasteiger partial charge in [-0.1, -0.05) is 6.92 Å². The molecule has 4 nitrogen and oxygen atoms in total. The summed E-state index contributed by atoms with van der Waals surface area (Å²) in [5, 5.41) is 5.27. The Morgan fingerprint density at radius 2 is 2.50 bits per heavy atom. The van der Waals surface area contributed by atoms with Crippen LogP contribution in [0.15, 0.2) is 5.38 Å². The summed E-state index contributed by atoms with van der Waals surface area (Å²) in [5.41, 5.74) is 6.24. The normalized spacial score (nSPS) is 12.4. The van der Waals surface area contributed by atoms with Gasteiger partial charge in [-0.3, -0.25) is 4.79 Å². The molecule has 0 radical (unpaired) electrons. The first-order valence-corrected chi connectivity index (χ1v) is 7.22. The van der Waals surface area contributed by atoms with E-state index in [2.05, 4.69) is 17.2 Å². The van der Waals surface area contributed by atoms with Crippen molar-refractivity contribution in [3.05, 3.63) is 11.1 Å². The van der Waals surface area contributed by atoms with Gasteiger partial charge in [-0.2, -0.15) is 11.8 Å². The molecule has 1 rings (SSSR count). The summed E-state index contributed by atoms with van der Waals surface area (Å²) in [6, 6.07) is 0.202. The quantitative estimate of drug-likeness (QED) is 0.813. The van der Waals surface area contributed by atoms with Crippen LogP contribution in [0.5, 0.6) is 0 Å². The van der Waals surface area contributed by atoms with Crippen molar-refractivity contribution in [3.8, 4) is 0 Å². The van der Waals surface area contributed by atoms with Gasteiger partial charge in [0, 0.05) is 17.2 Å². The highest BCUT2D eigenvalue weighted by Gasteiger charge is 2.09. The Kier molecular flexibility index (Phi) is 5.62. The van der Waals surface area contributed by atoms with Gasteiger partial charge in [-0.15, -0.1) is 11.3 Å². The third-order valence-corrected chi connectivity index (χ3v) is 3.76. The third kappa shape index (κ3) is 4.85. The molecule has 0 aromatic carbocycles. The first kappa shape index (κ1) is 13.3. The van der Waals surface area contributed by atoms with E-state index >= 15 is 0 Å². The molecule has 0 saturated heterocycles. The van der Waals surface area contributed by atoms with Gasteiger partial charge in [0.1, 0.15) is 0 Å². The SMILES string of the molecule is CCSCC(C)NC(=O)Cc1csc(N)n1. The highest BCUT2D eigenvalue weighted by Crippen LogP contribution is 2.11. The highest BCUT2D eigenvalue weighted by molar-refractivity contribution is 7.99. The van der Waals surface area contributed by atoms with Crippen LogP contribution in [0.2, 0.25) is 0 Å². The van der Waals surface area contributed by atoms with Gasteiger partial charge in [-0.05, 0) is 12.7 Å². The molecule has 0 aliphatic heterocycles. The maximum absolute atomic E-state index is 11.6. The van der Waals surface area contributed by atoms with Crippen LogP contribution in [-0.4, -0.2) is 28.4 Å².